The Bertz CT molecular complexity index is 1020. The van der Waals surface area contributed by atoms with Gasteiger partial charge in [0.15, 0.2) is 0 Å². The molecule has 2 aromatic rings. The molecular formula is C20H13Br2Cl2NO2S2. The lowest BCUT2D eigenvalue weighted by molar-refractivity contribution is -0.121. The number of hydrogen-bond acceptors (Lipinski definition) is 4. The van der Waals surface area contributed by atoms with E-state index >= 15 is 0 Å². The van der Waals surface area contributed by atoms with Gasteiger partial charge in [-0.1, -0.05) is 59.3 Å². The number of thiocarbonyl (C=S) groups is 1. The number of rotatable bonds is 6. The quantitative estimate of drug-likeness (QED) is 0.197. The number of benzene rings is 2. The highest BCUT2D eigenvalue weighted by Crippen LogP contribution is 2.38. The van der Waals surface area contributed by atoms with Crippen molar-refractivity contribution >= 4 is 95.3 Å². The molecule has 3 nitrogen and oxygen atoms in total. The first kappa shape index (κ1) is 22.8. The van der Waals surface area contributed by atoms with Crippen molar-refractivity contribution in [2.75, 3.05) is 6.54 Å². The molecule has 29 heavy (non-hydrogen) atoms. The van der Waals surface area contributed by atoms with E-state index in [4.69, 9.17) is 40.2 Å². The largest absolute Gasteiger partial charge is 0.486 e. The number of thioether (sulfide) groups is 1. The van der Waals surface area contributed by atoms with Gasteiger partial charge in [-0.3, -0.25) is 9.69 Å². The van der Waals surface area contributed by atoms with Gasteiger partial charge >= 0.3 is 0 Å². The summed E-state index contributed by atoms with van der Waals surface area (Å²) >= 11 is 25.8. The first-order valence-corrected chi connectivity index (χ1v) is 11.8. The van der Waals surface area contributed by atoms with Crippen LogP contribution in [0.5, 0.6) is 5.75 Å². The molecule has 0 N–H and O–H groups in total. The normalized spacial score (nSPS) is 15.3. The summed E-state index contributed by atoms with van der Waals surface area (Å²) in [5.41, 5.74) is 1.66. The lowest BCUT2D eigenvalue weighted by Gasteiger charge is -2.13. The van der Waals surface area contributed by atoms with Crippen molar-refractivity contribution in [2.24, 2.45) is 0 Å². The molecule has 1 aliphatic rings. The van der Waals surface area contributed by atoms with E-state index in [0.717, 1.165) is 20.1 Å². The van der Waals surface area contributed by atoms with Crippen LogP contribution in [0.2, 0.25) is 10.0 Å². The standard InChI is InChI=1S/C20H13Br2Cl2NO2S2/c1-2-5-25-19(26)17(29-20(25)28)8-11-6-14(21)18(15(22)7-11)27-10-12-3-4-13(23)9-16(12)24/h2-4,6-9H,1,5,10H2/b17-8-. The number of carbonyl (C=O) groups excluding carboxylic acids is 1. The first-order valence-electron chi connectivity index (χ1n) is 8.22. The molecule has 0 bridgehead atoms. The topological polar surface area (TPSA) is 29.5 Å². The molecule has 9 heteroatoms. The Labute approximate surface area is 205 Å². The molecule has 3 rings (SSSR count). The summed E-state index contributed by atoms with van der Waals surface area (Å²) in [4.78, 5) is 14.6. The summed E-state index contributed by atoms with van der Waals surface area (Å²) in [6.45, 7) is 4.34. The second kappa shape index (κ2) is 9.98. The minimum atomic E-state index is -0.121. The number of amides is 1. The van der Waals surface area contributed by atoms with Crippen molar-refractivity contribution in [3.8, 4) is 5.75 Å². The zero-order valence-corrected chi connectivity index (χ0v) is 21.1. The average molecular weight is 594 g/mol. The molecule has 0 atom stereocenters. The van der Waals surface area contributed by atoms with Crippen LogP contribution in [0.4, 0.5) is 0 Å². The fourth-order valence-electron chi connectivity index (χ4n) is 2.53. The Balaban J connectivity index is 1.80. The van der Waals surface area contributed by atoms with Crippen molar-refractivity contribution in [3.05, 3.63) is 78.0 Å². The van der Waals surface area contributed by atoms with Crippen LogP contribution in [0.15, 0.2) is 56.8 Å². The summed E-state index contributed by atoms with van der Waals surface area (Å²) in [5.74, 6) is 0.511. The zero-order valence-electron chi connectivity index (χ0n) is 14.8. The lowest BCUT2D eigenvalue weighted by atomic mass is 10.2. The molecule has 0 unspecified atom stereocenters. The van der Waals surface area contributed by atoms with Crippen LogP contribution >= 0.6 is 79.0 Å². The molecule has 0 spiro atoms. The third-order valence-electron chi connectivity index (χ3n) is 3.89. The minimum Gasteiger partial charge on any atom is -0.486 e. The number of ether oxygens (including phenoxy) is 1. The second-order valence-corrected chi connectivity index (χ2v) is 10.1. The van der Waals surface area contributed by atoms with E-state index in [-0.39, 0.29) is 12.5 Å². The van der Waals surface area contributed by atoms with Gasteiger partial charge in [-0.2, -0.15) is 0 Å². The molecule has 1 saturated heterocycles. The Morgan fingerprint density at radius 1 is 1.21 bits per heavy atom. The Hall–Kier alpha value is -0.830. The van der Waals surface area contributed by atoms with Crippen LogP contribution in [0.25, 0.3) is 6.08 Å². The SMILES string of the molecule is C=CCN1C(=O)/C(=C/c2cc(Br)c(OCc3ccc(Cl)cc3Cl)c(Br)c2)SC1=S. The van der Waals surface area contributed by atoms with E-state index in [9.17, 15) is 4.79 Å². The minimum absolute atomic E-state index is 0.121. The molecule has 1 amide bonds. The average Bonchev–Trinajstić information content (AvgIpc) is 2.90. The lowest BCUT2D eigenvalue weighted by Crippen LogP contribution is -2.27. The van der Waals surface area contributed by atoms with Crippen LogP contribution in [-0.2, 0) is 11.4 Å². The van der Waals surface area contributed by atoms with Crippen LogP contribution in [0.3, 0.4) is 0 Å². The highest BCUT2D eigenvalue weighted by atomic mass is 79.9. The molecule has 0 saturated carbocycles. The van der Waals surface area contributed by atoms with Crippen LogP contribution in [0.1, 0.15) is 11.1 Å². The van der Waals surface area contributed by atoms with Crippen molar-refractivity contribution < 1.29 is 9.53 Å². The summed E-state index contributed by atoms with van der Waals surface area (Å²) in [6.07, 6.45) is 3.46. The van der Waals surface area contributed by atoms with Crippen molar-refractivity contribution in [2.45, 2.75) is 6.61 Å². The van der Waals surface area contributed by atoms with Crippen molar-refractivity contribution in [3.63, 3.8) is 0 Å². The highest BCUT2D eigenvalue weighted by molar-refractivity contribution is 9.11. The molecule has 0 radical (unpaired) electrons. The van der Waals surface area contributed by atoms with Gasteiger partial charge < -0.3 is 4.74 Å². The van der Waals surface area contributed by atoms with Gasteiger partial charge in [0.25, 0.3) is 5.91 Å². The maximum Gasteiger partial charge on any atom is 0.266 e. The van der Waals surface area contributed by atoms with E-state index in [1.54, 1.807) is 24.3 Å². The van der Waals surface area contributed by atoms with Gasteiger partial charge in [-0.15, -0.1) is 6.58 Å². The van der Waals surface area contributed by atoms with Crippen LogP contribution in [-0.4, -0.2) is 21.7 Å². The monoisotopic (exact) mass is 591 g/mol. The second-order valence-electron chi connectivity index (χ2n) is 5.92. The van der Waals surface area contributed by atoms with Gasteiger partial charge in [-0.05, 0) is 67.8 Å². The van der Waals surface area contributed by atoms with E-state index < -0.39 is 0 Å². The Morgan fingerprint density at radius 3 is 2.52 bits per heavy atom. The maximum absolute atomic E-state index is 12.5. The molecule has 0 aromatic heterocycles. The van der Waals surface area contributed by atoms with Crippen LogP contribution in [0, 0.1) is 0 Å². The predicted molar refractivity (Wildman–Crippen MR) is 133 cm³/mol. The summed E-state index contributed by atoms with van der Waals surface area (Å²) in [6, 6.07) is 9.03. The van der Waals surface area contributed by atoms with E-state index in [0.29, 0.717) is 31.6 Å². The Kier molecular flexibility index (Phi) is 7.87. The summed E-state index contributed by atoms with van der Waals surface area (Å²) in [7, 11) is 0. The van der Waals surface area contributed by atoms with Crippen molar-refractivity contribution in [1.82, 2.24) is 4.90 Å². The number of nitrogens with zero attached hydrogens (tertiary/aromatic N) is 1. The fraction of sp³-hybridized carbons (Fsp3) is 0.100. The predicted octanol–water partition coefficient (Wildman–Crippen LogP) is 7.48. The molecular weight excluding hydrogens is 581 g/mol. The van der Waals surface area contributed by atoms with Gasteiger partial charge in [0.05, 0.1) is 13.9 Å². The Morgan fingerprint density at radius 2 is 1.90 bits per heavy atom. The molecule has 1 aliphatic heterocycles. The van der Waals surface area contributed by atoms with Gasteiger partial charge in [0.2, 0.25) is 0 Å². The van der Waals surface area contributed by atoms with Gasteiger partial charge in [0, 0.05) is 22.2 Å². The molecule has 1 fully saturated rings. The third-order valence-corrected chi connectivity index (χ3v) is 7.03. The number of carbonyl (C=O) groups is 1. The fourth-order valence-corrected chi connectivity index (χ4v) is 5.72. The summed E-state index contributed by atoms with van der Waals surface area (Å²) in [5, 5.41) is 1.12. The highest BCUT2D eigenvalue weighted by Gasteiger charge is 2.31. The molecule has 150 valence electrons. The third kappa shape index (κ3) is 5.46. The number of halogens is 4. The van der Waals surface area contributed by atoms with E-state index in [1.165, 1.54) is 16.7 Å². The molecule has 0 aliphatic carbocycles. The first-order chi connectivity index (χ1) is 13.8. The molecule has 2 aromatic carbocycles. The van der Waals surface area contributed by atoms with Crippen molar-refractivity contribution in [1.29, 1.82) is 0 Å². The van der Waals surface area contributed by atoms with Gasteiger partial charge in [-0.25, -0.2) is 0 Å². The maximum atomic E-state index is 12.5. The van der Waals surface area contributed by atoms with E-state index in [1.807, 2.05) is 18.2 Å². The van der Waals surface area contributed by atoms with Crippen LogP contribution < -0.4 is 4.74 Å². The summed E-state index contributed by atoms with van der Waals surface area (Å²) < 4.78 is 7.94. The van der Waals surface area contributed by atoms with E-state index in [2.05, 4.69) is 38.4 Å². The zero-order chi connectivity index (χ0) is 21.1. The number of hydrogen-bond donors (Lipinski definition) is 0. The smallest absolute Gasteiger partial charge is 0.266 e. The van der Waals surface area contributed by atoms with Gasteiger partial charge in [0.1, 0.15) is 16.7 Å². The molecule has 1 heterocycles.